The third kappa shape index (κ3) is 6.22. The quantitative estimate of drug-likeness (QED) is 0.356. The lowest BCUT2D eigenvalue weighted by Crippen LogP contribution is -2.36. The lowest BCUT2D eigenvalue weighted by molar-refractivity contribution is -0.139. The number of hydrogen-bond donors (Lipinski definition) is 2. The Balaban J connectivity index is 1.74. The topological polar surface area (TPSA) is 122 Å². The third-order valence-electron chi connectivity index (χ3n) is 4.19. The molecule has 3 amide bonds. The molecule has 0 unspecified atom stereocenters. The highest BCUT2D eigenvalue weighted by atomic mass is 127. The van der Waals surface area contributed by atoms with Crippen molar-refractivity contribution in [1.82, 2.24) is 4.90 Å². The van der Waals surface area contributed by atoms with E-state index in [0.29, 0.717) is 26.6 Å². The maximum atomic E-state index is 13.0. The predicted molar refractivity (Wildman–Crippen MR) is 127 cm³/mol. The Morgan fingerprint density at radius 2 is 1.94 bits per heavy atom. The second kappa shape index (κ2) is 10.7. The number of anilines is 1. The summed E-state index contributed by atoms with van der Waals surface area (Å²) in [7, 11) is 1.39. The Labute approximate surface area is 205 Å². The molecule has 172 valence electrons. The van der Waals surface area contributed by atoms with Crippen LogP contribution in [-0.4, -0.2) is 53.3 Å². The number of benzene rings is 2. The van der Waals surface area contributed by atoms with E-state index >= 15 is 0 Å². The van der Waals surface area contributed by atoms with Crippen molar-refractivity contribution in [3.63, 3.8) is 0 Å². The fraction of sp³-hybridized carbons (Fsp3) is 0.143. The molecule has 33 heavy (non-hydrogen) atoms. The highest BCUT2D eigenvalue weighted by Gasteiger charge is 2.36. The molecule has 1 aliphatic heterocycles. The number of carbonyl (C=O) groups excluding carboxylic acids is 3. The number of thioether (sulfide) groups is 1. The maximum absolute atomic E-state index is 13.0. The van der Waals surface area contributed by atoms with E-state index in [0.717, 1.165) is 4.90 Å². The third-order valence-corrected chi connectivity index (χ3v) is 5.90. The van der Waals surface area contributed by atoms with Gasteiger partial charge in [0.1, 0.15) is 12.4 Å². The normalized spacial score (nSPS) is 14.5. The van der Waals surface area contributed by atoms with Crippen LogP contribution in [0.25, 0.3) is 6.08 Å². The molecule has 0 bridgehead atoms. The SMILES string of the molecule is COc1cc(/C=C2\SC(=O)N(CC(=O)Nc3ccc(F)cc3)C2=O)cc(I)c1OCC(=O)O. The van der Waals surface area contributed by atoms with E-state index in [4.69, 9.17) is 14.6 Å². The zero-order valence-corrected chi connectivity index (χ0v) is 19.9. The van der Waals surface area contributed by atoms with Crippen LogP contribution in [0.5, 0.6) is 11.5 Å². The minimum absolute atomic E-state index is 0.103. The van der Waals surface area contributed by atoms with Gasteiger partial charge in [-0.2, -0.15) is 0 Å². The standard InChI is InChI=1S/C21H16FIN2O7S/c1-31-15-7-11(6-14(23)19(15)32-10-18(27)28)8-16-20(29)25(21(30)33-16)9-17(26)24-13-4-2-12(22)3-5-13/h2-8H,9-10H2,1H3,(H,24,26)(H,27,28)/b16-8-. The summed E-state index contributed by atoms with van der Waals surface area (Å²) in [4.78, 5) is 48.9. The number of rotatable bonds is 8. The number of amides is 3. The Morgan fingerprint density at radius 1 is 1.24 bits per heavy atom. The second-order valence-electron chi connectivity index (χ2n) is 6.54. The van der Waals surface area contributed by atoms with Gasteiger partial charge in [-0.05, 0) is 82.4 Å². The number of ether oxygens (including phenoxy) is 2. The van der Waals surface area contributed by atoms with E-state index in [1.807, 2.05) is 22.6 Å². The van der Waals surface area contributed by atoms with Crippen LogP contribution in [0.2, 0.25) is 0 Å². The van der Waals surface area contributed by atoms with Gasteiger partial charge in [-0.1, -0.05) is 0 Å². The number of imide groups is 1. The number of carboxylic acid groups (broad SMARTS) is 1. The van der Waals surface area contributed by atoms with Gasteiger partial charge in [-0.3, -0.25) is 19.3 Å². The van der Waals surface area contributed by atoms with Crippen LogP contribution in [0.3, 0.4) is 0 Å². The summed E-state index contributed by atoms with van der Waals surface area (Å²) in [5.41, 5.74) is 0.843. The fourth-order valence-electron chi connectivity index (χ4n) is 2.76. The van der Waals surface area contributed by atoms with Crippen molar-refractivity contribution in [1.29, 1.82) is 0 Å². The molecular formula is C21H16FIN2O7S. The molecule has 0 aromatic heterocycles. The highest BCUT2D eigenvalue weighted by Crippen LogP contribution is 2.37. The molecule has 1 saturated heterocycles. The number of halogens is 2. The van der Waals surface area contributed by atoms with Gasteiger partial charge in [-0.25, -0.2) is 9.18 Å². The number of nitrogens with zero attached hydrogens (tertiary/aromatic N) is 1. The first-order valence-electron chi connectivity index (χ1n) is 9.21. The first kappa shape index (κ1) is 24.5. The molecule has 0 aliphatic carbocycles. The van der Waals surface area contributed by atoms with Crippen molar-refractivity contribution < 1.29 is 38.1 Å². The lowest BCUT2D eigenvalue weighted by Gasteiger charge is -2.13. The summed E-state index contributed by atoms with van der Waals surface area (Å²) in [6.07, 6.45) is 1.47. The van der Waals surface area contributed by atoms with Crippen LogP contribution < -0.4 is 14.8 Å². The zero-order valence-electron chi connectivity index (χ0n) is 17.0. The van der Waals surface area contributed by atoms with Gasteiger partial charge < -0.3 is 19.9 Å². The molecule has 9 nitrogen and oxygen atoms in total. The van der Waals surface area contributed by atoms with Crippen LogP contribution in [0.1, 0.15) is 5.56 Å². The molecule has 2 aromatic rings. The van der Waals surface area contributed by atoms with Crippen molar-refractivity contribution in [3.8, 4) is 11.5 Å². The Kier molecular flexibility index (Phi) is 7.92. The predicted octanol–water partition coefficient (Wildman–Crippen LogP) is 3.58. The second-order valence-corrected chi connectivity index (χ2v) is 8.69. The number of hydrogen-bond acceptors (Lipinski definition) is 7. The Bertz CT molecular complexity index is 1150. The van der Waals surface area contributed by atoms with E-state index in [1.165, 1.54) is 43.5 Å². The van der Waals surface area contributed by atoms with E-state index in [9.17, 15) is 23.6 Å². The van der Waals surface area contributed by atoms with Crippen molar-refractivity contribution in [2.75, 3.05) is 25.6 Å². The molecule has 2 N–H and O–H groups in total. The molecule has 1 aliphatic rings. The average molecular weight is 586 g/mol. The molecule has 0 atom stereocenters. The van der Waals surface area contributed by atoms with E-state index in [-0.39, 0.29) is 16.4 Å². The first-order valence-corrected chi connectivity index (χ1v) is 11.1. The average Bonchev–Trinajstić information content (AvgIpc) is 3.01. The summed E-state index contributed by atoms with van der Waals surface area (Å²) in [5.74, 6) is -2.36. The smallest absolute Gasteiger partial charge is 0.341 e. The molecule has 2 aromatic carbocycles. The van der Waals surface area contributed by atoms with Crippen molar-refractivity contribution in [2.24, 2.45) is 0 Å². The largest absolute Gasteiger partial charge is 0.493 e. The van der Waals surface area contributed by atoms with Gasteiger partial charge in [0.15, 0.2) is 18.1 Å². The van der Waals surface area contributed by atoms with Gasteiger partial charge in [0.25, 0.3) is 11.1 Å². The number of carboxylic acids is 1. The lowest BCUT2D eigenvalue weighted by atomic mass is 10.2. The minimum atomic E-state index is -1.14. The molecular weight excluding hydrogens is 570 g/mol. The summed E-state index contributed by atoms with van der Waals surface area (Å²) in [6, 6.07) is 8.24. The van der Waals surface area contributed by atoms with E-state index in [2.05, 4.69) is 5.32 Å². The number of methoxy groups -OCH3 is 1. The molecule has 0 radical (unpaired) electrons. The van der Waals surface area contributed by atoms with Gasteiger partial charge in [-0.15, -0.1) is 0 Å². The summed E-state index contributed by atoms with van der Waals surface area (Å²) < 4.78 is 24.0. The Hall–Kier alpha value is -3.13. The van der Waals surface area contributed by atoms with Gasteiger partial charge >= 0.3 is 5.97 Å². The molecule has 0 saturated carbocycles. The van der Waals surface area contributed by atoms with Gasteiger partial charge in [0, 0.05) is 5.69 Å². The van der Waals surface area contributed by atoms with Crippen LogP contribution in [-0.2, 0) is 14.4 Å². The maximum Gasteiger partial charge on any atom is 0.341 e. The van der Waals surface area contributed by atoms with Crippen molar-refractivity contribution in [3.05, 3.63) is 56.3 Å². The van der Waals surface area contributed by atoms with E-state index < -0.39 is 42.0 Å². The zero-order chi connectivity index (χ0) is 24.1. The number of aliphatic carboxylic acids is 1. The molecule has 1 heterocycles. The Morgan fingerprint density at radius 3 is 2.58 bits per heavy atom. The monoisotopic (exact) mass is 586 g/mol. The van der Waals surface area contributed by atoms with Gasteiger partial charge in [0.05, 0.1) is 15.6 Å². The summed E-state index contributed by atoms with van der Waals surface area (Å²) >= 11 is 2.62. The first-order chi connectivity index (χ1) is 15.7. The van der Waals surface area contributed by atoms with E-state index in [1.54, 1.807) is 6.07 Å². The van der Waals surface area contributed by atoms with Crippen LogP contribution in [0, 0.1) is 9.39 Å². The summed E-state index contributed by atoms with van der Waals surface area (Å²) in [6.45, 7) is -1.05. The van der Waals surface area contributed by atoms with Crippen molar-refractivity contribution in [2.45, 2.75) is 0 Å². The highest BCUT2D eigenvalue weighted by molar-refractivity contribution is 14.1. The summed E-state index contributed by atoms with van der Waals surface area (Å²) in [5, 5.41) is 10.7. The minimum Gasteiger partial charge on any atom is -0.493 e. The van der Waals surface area contributed by atoms with Crippen LogP contribution in [0.15, 0.2) is 41.3 Å². The molecule has 12 heteroatoms. The van der Waals surface area contributed by atoms with Gasteiger partial charge in [0.2, 0.25) is 5.91 Å². The number of nitrogens with one attached hydrogen (secondary N) is 1. The van der Waals surface area contributed by atoms with Crippen LogP contribution in [0.4, 0.5) is 14.9 Å². The van der Waals surface area contributed by atoms with Crippen molar-refractivity contribution >= 4 is 69.1 Å². The molecule has 1 fully saturated rings. The fourth-order valence-corrected chi connectivity index (χ4v) is 4.38. The molecule has 0 spiro atoms. The van der Waals surface area contributed by atoms with Crippen LogP contribution >= 0.6 is 34.4 Å². The number of carbonyl (C=O) groups is 4. The molecule has 3 rings (SSSR count).